The monoisotopic (exact) mass is 309 g/mol. The van der Waals surface area contributed by atoms with E-state index < -0.39 is 0 Å². The molecule has 0 fully saturated rings. The molecule has 21 heavy (non-hydrogen) atoms. The van der Waals surface area contributed by atoms with E-state index in [1.54, 1.807) is 6.26 Å². The van der Waals surface area contributed by atoms with Crippen LogP contribution in [0.4, 0.5) is 0 Å². The summed E-state index contributed by atoms with van der Waals surface area (Å²) in [5.41, 5.74) is 2.00. The molecule has 0 spiro atoms. The number of furan rings is 1. The van der Waals surface area contributed by atoms with Gasteiger partial charge < -0.3 is 9.73 Å². The molecule has 2 aromatic rings. The summed E-state index contributed by atoms with van der Waals surface area (Å²) in [6.45, 7) is 5.14. The van der Waals surface area contributed by atoms with Gasteiger partial charge in [0.2, 0.25) is 0 Å². The number of halogens is 1. The molecular weight excluding hydrogens is 286 g/mol. The molecule has 1 N–H and O–H groups in total. The fraction of sp³-hybridized carbons (Fsp3) is 0.562. The average Bonchev–Trinajstić information content (AvgIpc) is 3.05. The van der Waals surface area contributed by atoms with Gasteiger partial charge in [0, 0.05) is 25.9 Å². The smallest absolute Gasteiger partial charge is 0.103 e. The molecule has 0 bridgehead atoms. The van der Waals surface area contributed by atoms with Crippen LogP contribution in [-0.4, -0.2) is 22.4 Å². The molecule has 1 unspecified atom stereocenters. The zero-order valence-corrected chi connectivity index (χ0v) is 13.8. The first-order valence-electron chi connectivity index (χ1n) is 7.55. The highest BCUT2D eigenvalue weighted by atomic mass is 35.5. The number of aryl methyl sites for hydroxylation is 3. The lowest BCUT2D eigenvalue weighted by molar-refractivity contribution is 0.435. The lowest BCUT2D eigenvalue weighted by Crippen LogP contribution is -2.33. The molecule has 5 heteroatoms. The van der Waals surface area contributed by atoms with Crippen LogP contribution in [0.1, 0.15) is 36.9 Å². The summed E-state index contributed by atoms with van der Waals surface area (Å²) >= 11 is 6.36. The molecule has 2 heterocycles. The van der Waals surface area contributed by atoms with Crippen molar-refractivity contribution in [3.63, 3.8) is 0 Å². The van der Waals surface area contributed by atoms with Crippen LogP contribution < -0.4 is 5.32 Å². The zero-order valence-electron chi connectivity index (χ0n) is 13.0. The Kier molecular flexibility index (Phi) is 5.88. The predicted octanol–water partition coefficient (Wildman–Crippen LogP) is 3.52. The number of nitrogens with one attached hydrogen (secondary N) is 1. The van der Waals surface area contributed by atoms with Gasteiger partial charge >= 0.3 is 0 Å². The summed E-state index contributed by atoms with van der Waals surface area (Å²) in [6, 6.07) is 4.34. The molecular formula is C16H24ClN3O. The van der Waals surface area contributed by atoms with Crippen LogP contribution in [-0.2, 0) is 19.9 Å². The lowest BCUT2D eigenvalue weighted by atomic mass is 10.0. The van der Waals surface area contributed by atoms with E-state index in [1.165, 1.54) is 0 Å². The van der Waals surface area contributed by atoms with Crippen molar-refractivity contribution < 1.29 is 4.42 Å². The van der Waals surface area contributed by atoms with Gasteiger partial charge in [-0.25, -0.2) is 0 Å². The third-order valence-corrected chi connectivity index (χ3v) is 4.20. The molecule has 0 amide bonds. The molecule has 0 aliphatic rings. The van der Waals surface area contributed by atoms with E-state index >= 15 is 0 Å². The van der Waals surface area contributed by atoms with Crippen molar-refractivity contribution in [2.24, 2.45) is 7.05 Å². The Morgan fingerprint density at radius 3 is 2.86 bits per heavy atom. The van der Waals surface area contributed by atoms with E-state index in [9.17, 15) is 0 Å². The van der Waals surface area contributed by atoms with Crippen LogP contribution in [0, 0.1) is 6.92 Å². The van der Waals surface area contributed by atoms with Gasteiger partial charge in [-0.1, -0.05) is 18.5 Å². The molecule has 1 atom stereocenters. The number of aromatic nitrogens is 2. The summed E-state index contributed by atoms with van der Waals surface area (Å²) in [7, 11) is 1.96. The fourth-order valence-electron chi connectivity index (χ4n) is 2.53. The molecule has 2 rings (SSSR count). The van der Waals surface area contributed by atoms with Crippen molar-refractivity contribution in [3.05, 3.63) is 40.6 Å². The first-order chi connectivity index (χ1) is 10.1. The first kappa shape index (κ1) is 16.1. The maximum atomic E-state index is 6.36. The van der Waals surface area contributed by atoms with Crippen molar-refractivity contribution in [3.8, 4) is 0 Å². The summed E-state index contributed by atoms with van der Waals surface area (Å²) in [5, 5.41) is 8.79. The van der Waals surface area contributed by atoms with E-state index in [0.29, 0.717) is 6.04 Å². The van der Waals surface area contributed by atoms with Gasteiger partial charge in [0.15, 0.2) is 0 Å². The number of hydrogen-bond acceptors (Lipinski definition) is 3. The Bertz CT molecular complexity index is 548. The Labute approximate surface area is 131 Å². The second-order valence-corrected chi connectivity index (χ2v) is 5.82. The minimum Gasteiger partial charge on any atom is -0.469 e. The average molecular weight is 310 g/mol. The van der Waals surface area contributed by atoms with E-state index in [4.69, 9.17) is 16.0 Å². The molecule has 116 valence electrons. The van der Waals surface area contributed by atoms with Gasteiger partial charge in [-0.2, -0.15) is 5.10 Å². The molecule has 4 nitrogen and oxygen atoms in total. The zero-order chi connectivity index (χ0) is 15.2. The van der Waals surface area contributed by atoms with Crippen molar-refractivity contribution >= 4 is 11.6 Å². The maximum Gasteiger partial charge on any atom is 0.103 e. The molecule has 0 aliphatic heterocycles. The van der Waals surface area contributed by atoms with Gasteiger partial charge in [-0.05, 0) is 38.4 Å². The minimum absolute atomic E-state index is 0.377. The van der Waals surface area contributed by atoms with Crippen molar-refractivity contribution in [1.29, 1.82) is 0 Å². The Hall–Kier alpha value is -1.26. The third-order valence-electron chi connectivity index (χ3n) is 3.70. The van der Waals surface area contributed by atoms with E-state index in [-0.39, 0.29) is 0 Å². The highest BCUT2D eigenvalue weighted by molar-refractivity contribution is 6.31. The fourth-order valence-corrected chi connectivity index (χ4v) is 2.77. The summed E-state index contributed by atoms with van der Waals surface area (Å²) in [6.07, 6.45) is 5.69. The normalized spacial score (nSPS) is 12.8. The van der Waals surface area contributed by atoms with Gasteiger partial charge in [0.05, 0.1) is 22.7 Å². The van der Waals surface area contributed by atoms with Crippen LogP contribution in [0.15, 0.2) is 22.8 Å². The number of hydrogen-bond donors (Lipinski definition) is 1. The van der Waals surface area contributed by atoms with Gasteiger partial charge in [0.25, 0.3) is 0 Å². The van der Waals surface area contributed by atoms with E-state index in [2.05, 4.69) is 17.3 Å². The molecule has 0 saturated carbocycles. The second-order valence-electron chi connectivity index (χ2n) is 5.44. The largest absolute Gasteiger partial charge is 0.469 e. The predicted molar refractivity (Wildman–Crippen MR) is 85.8 cm³/mol. The third kappa shape index (κ3) is 4.35. The lowest BCUT2D eigenvalue weighted by Gasteiger charge is -2.18. The van der Waals surface area contributed by atoms with Crippen molar-refractivity contribution in [2.45, 2.75) is 45.6 Å². The summed E-state index contributed by atoms with van der Waals surface area (Å²) in [4.78, 5) is 0. The SMILES string of the molecule is CCCNC(CCc1ccco1)Cc1c(Cl)c(C)nn1C. The van der Waals surface area contributed by atoms with Crippen LogP contribution >= 0.6 is 11.6 Å². The van der Waals surface area contributed by atoms with Gasteiger partial charge in [0.1, 0.15) is 5.76 Å². The number of rotatable bonds is 8. The quantitative estimate of drug-likeness (QED) is 0.811. The van der Waals surface area contributed by atoms with Crippen LogP contribution in [0.2, 0.25) is 5.02 Å². The molecule has 0 radical (unpaired) electrons. The van der Waals surface area contributed by atoms with Crippen molar-refractivity contribution in [2.75, 3.05) is 6.54 Å². The van der Waals surface area contributed by atoms with E-state index in [1.807, 2.05) is 30.8 Å². The summed E-state index contributed by atoms with van der Waals surface area (Å²) < 4.78 is 7.31. The van der Waals surface area contributed by atoms with Crippen molar-refractivity contribution in [1.82, 2.24) is 15.1 Å². The number of nitrogens with zero attached hydrogens (tertiary/aromatic N) is 2. The molecule has 2 aromatic heterocycles. The first-order valence-corrected chi connectivity index (χ1v) is 7.93. The Morgan fingerprint density at radius 2 is 2.29 bits per heavy atom. The van der Waals surface area contributed by atoms with Crippen LogP contribution in [0.3, 0.4) is 0 Å². The Balaban J connectivity index is 2.01. The van der Waals surface area contributed by atoms with Gasteiger partial charge in [-0.15, -0.1) is 0 Å². The highest BCUT2D eigenvalue weighted by Crippen LogP contribution is 2.22. The summed E-state index contributed by atoms with van der Waals surface area (Å²) in [5.74, 6) is 1.03. The van der Waals surface area contributed by atoms with Crippen LogP contribution in [0.5, 0.6) is 0 Å². The standard InChI is InChI=1S/C16H24ClN3O/c1-4-9-18-13(7-8-14-6-5-10-21-14)11-15-16(17)12(2)19-20(15)3/h5-6,10,13,18H,4,7-9,11H2,1-3H3. The topological polar surface area (TPSA) is 43.0 Å². The van der Waals surface area contributed by atoms with Crippen LogP contribution in [0.25, 0.3) is 0 Å². The minimum atomic E-state index is 0.377. The highest BCUT2D eigenvalue weighted by Gasteiger charge is 2.17. The molecule has 0 aliphatic carbocycles. The maximum absolute atomic E-state index is 6.36. The Morgan fingerprint density at radius 1 is 1.48 bits per heavy atom. The molecule has 0 saturated heterocycles. The van der Waals surface area contributed by atoms with Gasteiger partial charge in [-0.3, -0.25) is 4.68 Å². The van der Waals surface area contributed by atoms with E-state index in [0.717, 1.165) is 54.4 Å². The second kappa shape index (κ2) is 7.66. The molecule has 0 aromatic carbocycles.